The van der Waals surface area contributed by atoms with Crippen LogP contribution in [0.2, 0.25) is 0 Å². The third-order valence-corrected chi connectivity index (χ3v) is 3.84. The van der Waals surface area contributed by atoms with Gasteiger partial charge in [0.2, 0.25) is 0 Å². The molecular weight excluding hydrogens is 250 g/mol. The van der Waals surface area contributed by atoms with Crippen molar-refractivity contribution in [3.05, 3.63) is 22.7 Å². The normalized spacial score (nSPS) is 18.4. The fourth-order valence-corrected chi connectivity index (χ4v) is 2.39. The smallest absolute Gasteiger partial charge is 0.293 e. The Labute approximate surface area is 112 Å². The van der Waals surface area contributed by atoms with Crippen molar-refractivity contribution in [1.82, 2.24) is 9.55 Å². The molecule has 1 heterocycles. The van der Waals surface area contributed by atoms with Gasteiger partial charge in [-0.2, -0.15) is 0 Å². The molecule has 1 N–H and O–H groups in total. The predicted molar refractivity (Wildman–Crippen MR) is 74.4 cm³/mol. The Morgan fingerprint density at radius 2 is 2.33 bits per heavy atom. The maximum Gasteiger partial charge on any atom is 0.293 e. The van der Waals surface area contributed by atoms with E-state index in [4.69, 9.17) is 11.6 Å². The van der Waals surface area contributed by atoms with Crippen LogP contribution in [0.3, 0.4) is 0 Å². The lowest BCUT2D eigenvalue weighted by Crippen LogP contribution is -2.38. The lowest BCUT2D eigenvalue weighted by atomic mass is 9.95. The Morgan fingerprint density at radius 3 is 2.89 bits per heavy atom. The first-order chi connectivity index (χ1) is 8.59. The monoisotopic (exact) mass is 269 g/mol. The minimum Gasteiger partial charge on any atom is -0.360 e. The highest BCUT2D eigenvalue weighted by molar-refractivity contribution is 6.17. The van der Waals surface area contributed by atoms with Gasteiger partial charge in [0.05, 0.1) is 0 Å². The van der Waals surface area contributed by atoms with Crippen molar-refractivity contribution >= 4 is 17.4 Å². The van der Waals surface area contributed by atoms with Gasteiger partial charge >= 0.3 is 0 Å². The van der Waals surface area contributed by atoms with E-state index in [1.807, 2.05) is 0 Å². The summed E-state index contributed by atoms with van der Waals surface area (Å²) in [4.78, 5) is 16.4. The van der Waals surface area contributed by atoms with Gasteiger partial charge in [-0.3, -0.25) is 4.79 Å². The van der Waals surface area contributed by atoms with E-state index in [9.17, 15) is 4.79 Å². The molecule has 0 amide bonds. The Balaban J connectivity index is 2.23. The molecule has 1 aromatic rings. The molecule has 5 heteroatoms. The molecule has 1 aliphatic carbocycles. The summed E-state index contributed by atoms with van der Waals surface area (Å²) in [5.74, 6) is 1.01. The summed E-state index contributed by atoms with van der Waals surface area (Å²) in [5, 5.41) is 3.27. The molecule has 1 fully saturated rings. The van der Waals surface area contributed by atoms with E-state index < -0.39 is 0 Å². The quantitative estimate of drug-likeness (QED) is 0.808. The van der Waals surface area contributed by atoms with Crippen LogP contribution in [0.4, 0.5) is 5.82 Å². The number of rotatable bonds is 6. The van der Waals surface area contributed by atoms with Gasteiger partial charge in [0.25, 0.3) is 5.56 Å². The van der Waals surface area contributed by atoms with Crippen LogP contribution in [-0.2, 0) is 0 Å². The topological polar surface area (TPSA) is 46.9 Å². The van der Waals surface area contributed by atoms with E-state index in [0.717, 1.165) is 25.7 Å². The summed E-state index contributed by atoms with van der Waals surface area (Å²) in [7, 11) is 0. The molecule has 0 saturated heterocycles. The molecule has 18 heavy (non-hydrogen) atoms. The lowest BCUT2D eigenvalue weighted by Gasteiger charge is -2.29. The van der Waals surface area contributed by atoms with Crippen LogP contribution < -0.4 is 10.9 Å². The van der Waals surface area contributed by atoms with Gasteiger partial charge in [0.1, 0.15) is 0 Å². The van der Waals surface area contributed by atoms with E-state index in [0.29, 0.717) is 17.7 Å². The van der Waals surface area contributed by atoms with Gasteiger partial charge < -0.3 is 9.88 Å². The number of hydrogen-bond donors (Lipinski definition) is 1. The van der Waals surface area contributed by atoms with Crippen LogP contribution in [0.25, 0.3) is 0 Å². The molecule has 0 radical (unpaired) electrons. The molecule has 1 saturated carbocycles. The third-order valence-electron chi connectivity index (χ3n) is 3.66. The van der Waals surface area contributed by atoms with E-state index in [2.05, 4.69) is 24.1 Å². The molecule has 4 nitrogen and oxygen atoms in total. The first-order valence-electron chi connectivity index (χ1n) is 6.51. The number of hydrogen-bond acceptors (Lipinski definition) is 3. The largest absolute Gasteiger partial charge is 0.360 e. The van der Waals surface area contributed by atoms with E-state index in [1.165, 1.54) is 0 Å². The maximum absolute atomic E-state index is 12.3. The standard InChI is InChI=1S/C13H20ClN3O/c1-3-13(2,6-7-14)16-11-12(18)17(9-8-15-11)10-4-5-10/h8-10H,3-7H2,1-2H3,(H,15,16). The van der Waals surface area contributed by atoms with Crippen molar-refractivity contribution in [2.45, 2.75) is 51.1 Å². The first-order valence-corrected chi connectivity index (χ1v) is 7.04. The van der Waals surface area contributed by atoms with Gasteiger partial charge in [-0.1, -0.05) is 6.92 Å². The predicted octanol–water partition coefficient (Wildman–Crippen LogP) is 2.79. The molecule has 1 aliphatic rings. The number of nitrogens with zero attached hydrogens (tertiary/aromatic N) is 2. The van der Waals surface area contributed by atoms with Gasteiger partial charge in [-0.05, 0) is 32.6 Å². The molecule has 0 aromatic carbocycles. The molecular formula is C13H20ClN3O. The number of alkyl halides is 1. The van der Waals surface area contributed by atoms with Crippen molar-refractivity contribution in [3.8, 4) is 0 Å². The molecule has 2 rings (SSSR count). The number of anilines is 1. The average molecular weight is 270 g/mol. The Kier molecular flexibility index (Phi) is 3.95. The Bertz CT molecular complexity index is 470. The second kappa shape index (κ2) is 5.31. The molecule has 1 atom stereocenters. The Hall–Kier alpha value is -1.03. The number of halogens is 1. The first kappa shape index (κ1) is 13.4. The van der Waals surface area contributed by atoms with Gasteiger partial charge in [0, 0.05) is 29.9 Å². The maximum atomic E-state index is 12.3. The van der Waals surface area contributed by atoms with Crippen molar-refractivity contribution in [3.63, 3.8) is 0 Å². The number of aromatic nitrogens is 2. The highest BCUT2D eigenvalue weighted by Gasteiger charge is 2.27. The zero-order chi connectivity index (χ0) is 13.2. The summed E-state index contributed by atoms with van der Waals surface area (Å²) in [6.45, 7) is 4.16. The van der Waals surface area contributed by atoms with Crippen molar-refractivity contribution in [2.24, 2.45) is 0 Å². The summed E-state index contributed by atoms with van der Waals surface area (Å²) in [6, 6.07) is 0.377. The van der Waals surface area contributed by atoms with Gasteiger partial charge in [-0.25, -0.2) is 4.98 Å². The van der Waals surface area contributed by atoms with Crippen LogP contribution >= 0.6 is 11.6 Å². The fourth-order valence-electron chi connectivity index (χ4n) is 1.97. The zero-order valence-electron chi connectivity index (χ0n) is 10.9. The molecule has 1 unspecified atom stereocenters. The molecule has 0 bridgehead atoms. The zero-order valence-corrected chi connectivity index (χ0v) is 11.7. The third kappa shape index (κ3) is 2.86. The van der Waals surface area contributed by atoms with Crippen molar-refractivity contribution in [2.75, 3.05) is 11.2 Å². The highest BCUT2D eigenvalue weighted by Crippen LogP contribution is 2.33. The van der Waals surface area contributed by atoms with Crippen LogP contribution in [0.5, 0.6) is 0 Å². The molecule has 100 valence electrons. The minimum atomic E-state index is -0.170. The second-order valence-electron chi connectivity index (χ2n) is 5.20. The van der Waals surface area contributed by atoms with Crippen LogP contribution in [0.1, 0.15) is 45.6 Å². The van der Waals surface area contributed by atoms with Crippen LogP contribution in [0, 0.1) is 0 Å². The number of nitrogens with one attached hydrogen (secondary N) is 1. The van der Waals surface area contributed by atoms with Crippen LogP contribution in [0.15, 0.2) is 17.2 Å². The molecule has 0 aliphatic heterocycles. The fraction of sp³-hybridized carbons (Fsp3) is 0.692. The van der Waals surface area contributed by atoms with Crippen molar-refractivity contribution < 1.29 is 0 Å². The van der Waals surface area contributed by atoms with E-state index >= 15 is 0 Å². The van der Waals surface area contributed by atoms with E-state index in [1.54, 1.807) is 17.0 Å². The molecule has 0 spiro atoms. The summed E-state index contributed by atoms with van der Waals surface area (Å²) in [6.07, 6.45) is 7.37. The highest BCUT2D eigenvalue weighted by atomic mass is 35.5. The average Bonchev–Trinajstić information content (AvgIpc) is 3.16. The lowest BCUT2D eigenvalue weighted by molar-refractivity contribution is 0.477. The summed E-state index contributed by atoms with van der Waals surface area (Å²) in [5.41, 5.74) is -0.189. The van der Waals surface area contributed by atoms with Gasteiger partial charge in [0.15, 0.2) is 5.82 Å². The minimum absolute atomic E-state index is 0.0192. The summed E-state index contributed by atoms with van der Waals surface area (Å²) < 4.78 is 1.78. The van der Waals surface area contributed by atoms with Gasteiger partial charge in [-0.15, -0.1) is 11.6 Å². The molecule has 1 aromatic heterocycles. The van der Waals surface area contributed by atoms with Crippen molar-refractivity contribution in [1.29, 1.82) is 0 Å². The van der Waals surface area contributed by atoms with Crippen LogP contribution in [-0.4, -0.2) is 21.0 Å². The SMILES string of the molecule is CCC(C)(CCCl)Nc1nccn(C2CC2)c1=O. The Morgan fingerprint density at radius 1 is 1.61 bits per heavy atom. The second-order valence-corrected chi connectivity index (χ2v) is 5.58. The summed E-state index contributed by atoms with van der Waals surface area (Å²) >= 11 is 5.82. The van der Waals surface area contributed by atoms with E-state index in [-0.39, 0.29) is 11.1 Å².